The Hall–Kier alpha value is -0.610. The first kappa shape index (κ1) is 9.60. The Balaban J connectivity index is 1.54. The Bertz CT molecular complexity index is 259. The molecular formula is C11H19N3O. The van der Waals surface area contributed by atoms with Crippen LogP contribution >= 0.6 is 0 Å². The second-order valence-electron chi connectivity index (χ2n) is 5.07. The molecule has 15 heavy (non-hydrogen) atoms. The van der Waals surface area contributed by atoms with E-state index in [1.165, 1.54) is 25.7 Å². The lowest BCUT2D eigenvalue weighted by atomic mass is 10.1. The van der Waals surface area contributed by atoms with Crippen LogP contribution in [0.1, 0.15) is 32.1 Å². The molecule has 0 aromatic heterocycles. The van der Waals surface area contributed by atoms with Crippen LogP contribution in [0.15, 0.2) is 0 Å². The smallest absolute Gasteiger partial charge is 0.238 e. The van der Waals surface area contributed by atoms with Crippen LogP contribution in [0.5, 0.6) is 0 Å². The maximum absolute atomic E-state index is 11.7. The minimum atomic E-state index is 0.292. The lowest BCUT2D eigenvalue weighted by molar-refractivity contribution is -0.129. The number of amides is 1. The Morgan fingerprint density at radius 3 is 2.87 bits per heavy atom. The topological polar surface area (TPSA) is 44.4 Å². The molecule has 84 valence electrons. The lowest BCUT2D eigenvalue weighted by Gasteiger charge is -2.21. The van der Waals surface area contributed by atoms with Gasteiger partial charge >= 0.3 is 0 Å². The molecule has 4 nitrogen and oxygen atoms in total. The quantitative estimate of drug-likeness (QED) is 0.700. The van der Waals surface area contributed by atoms with Crippen LogP contribution in [-0.4, -0.2) is 36.1 Å². The van der Waals surface area contributed by atoms with Crippen LogP contribution in [0.4, 0.5) is 0 Å². The third kappa shape index (κ3) is 2.01. The predicted octanol–water partition coefficient (Wildman–Crippen LogP) is 0.254. The predicted molar refractivity (Wildman–Crippen MR) is 57.0 cm³/mol. The van der Waals surface area contributed by atoms with Gasteiger partial charge in [-0.3, -0.25) is 9.80 Å². The van der Waals surface area contributed by atoms with Crippen molar-refractivity contribution >= 4 is 5.91 Å². The van der Waals surface area contributed by atoms with E-state index in [9.17, 15) is 4.79 Å². The summed E-state index contributed by atoms with van der Waals surface area (Å²) in [6.07, 6.45) is 5.79. The number of hydrogen-bond acceptors (Lipinski definition) is 3. The third-order valence-corrected chi connectivity index (χ3v) is 3.77. The van der Waals surface area contributed by atoms with Gasteiger partial charge in [0.25, 0.3) is 0 Å². The van der Waals surface area contributed by atoms with Gasteiger partial charge in [-0.2, -0.15) is 0 Å². The molecule has 3 aliphatic rings. The van der Waals surface area contributed by atoms with Crippen LogP contribution in [-0.2, 0) is 4.79 Å². The third-order valence-electron chi connectivity index (χ3n) is 3.77. The molecule has 4 heteroatoms. The van der Waals surface area contributed by atoms with Crippen LogP contribution in [0.2, 0.25) is 0 Å². The lowest BCUT2D eigenvalue weighted by Crippen LogP contribution is -2.45. The molecular weight excluding hydrogens is 190 g/mol. The van der Waals surface area contributed by atoms with Gasteiger partial charge in [0.1, 0.15) is 0 Å². The first-order chi connectivity index (χ1) is 7.33. The van der Waals surface area contributed by atoms with Crippen molar-refractivity contribution in [3.63, 3.8) is 0 Å². The van der Waals surface area contributed by atoms with Gasteiger partial charge in [-0.05, 0) is 38.1 Å². The molecule has 0 spiro atoms. The SMILES string of the molecule is O=C1CC(C2CC2)NN1CC1CCCN1. The first-order valence-electron chi connectivity index (χ1n) is 6.13. The molecule has 1 amide bonds. The van der Waals surface area contributed by atoms with Crippen LogP contribution in [0.3, 0.4) is 0 Å². The van der Waals surface area contributed by atoms with E-state index >= 15 is 0 Å². The minimum Gasteiger partial charge on any atom is -0.312 e. The van der Waals surface area contributed by atoms with Crippen LogP contribution in [0.25, 0.3) is 0 Å². The molecule has 2 N–H and O–H groups in total. The highest BCUT2D eigenvalue weighted by Crippen LogP contribution is 2.36. The van der Waals surface area contributed by atoms with Gasteiger partial charge < -0.3 is 5.32 Å². The zero-order valence-electron chi connectivity index (χ0n) is 9.04. The first-order valence-corrected chi connectivity index (χ1v) is 6.13. The molecule has 2 atom stereocenters. The Kier molecular flexibility index (Phi) is 2.41. The van der Waals surface area contributed by atoms with Crippen molar-refractivity contribution in [3.8, 4) is 0 Å². The molecule has 3 rings (SSSR count). The van der Waals surface area contributed by atoms with Gasteiger partial charge in [0, 0.05) is 18.5 Å². The van der Waals surface area contributed by atoms with Gasteiger partial charge in [-0.1, -0.05) is 0 Å². The van der Waals surface area contributed by atoms with Crippen LogP contribution < -0.4 is 10.7 Å². The molecule has 2 unspecified atom stereocenters. The van der Waals surface area contributed by atoms with Crippen molar-refractivity contribution in [2.24, 2.45) is 5.92 Å². The largest absolute Gasteiger partial charge is 0.312 e. The molecule has 2 heterocycles. The van der Waals surface area contributed by atoms with E-state index in [2.05, 4.69) is 10.7 Å². The molecule has 2 saturated heterocycles. The van der Waals surface area contributed by atoms with E-state index in [1.54, 1.807) is 0 Å². The summed E-state index contributed by atoms with van der Waals surface area (Å²) < 4.78 is 0. The summed E-state index contributed by atoms with van der Waals surface area (Å²) in [5.41, 5.74) is 3.37. The zero-order valence-corrected chi connectivity index (χ0v) is 9.04. The van der Waals surface area contributed by atoms with Gasteiger partial charge in [0.05, 0.1) is 6.54 Å². The monoisotopic (exact) mass is 209 g/mol. The van der Waals surface area contributed by atoms with E-state index in [1.807, 2.05) is 5.01 Å². The van der Waals surface area contributed by atoms with Crippen molar-refractivity contribution in [1.82, 2.24) is 15.8 Å². The summed E-state index contributed by atoms with van der Waals surface area (Å²) in [7, 11) is 0. The van der Waals surface area contributed by atoms with Gasteiger partial charge in [0.15, 0.2) is 0 Å². The van der Waals surface area contributed by atoms with E-state index < -0.39 is 0 Å². The molecule has 1 aliphatic carbocycles. The van der Waals surface area contributed by atoms with E-state index in [4.69, 9.17) is 0 Å². The standard InChI is InChI=1S/C11H19N3O/c15-11-6-10(8-3-4-8)13-14(11)7-9-2-1-5-12-9/h8-10,12-13H,1-7H2. The molecule has 0 bridgehead atoms. The van der Waals surface area contributed by atoms with Crippen molar-refractivity contribution in [1.29, 1.82) is 0 Å². The molecule has 1 saturated carbocycles. The molecule has 0 radical (unpaired) electrons. The number of hydrazine groups is 1. The molecule has 0 aromatic rings. The second-order valence-corrected chi connectivity index (χ2v) is 5.07. The van der Waals surface area contributed by atoms with Crippen molar-refractivity contribution in [3.05, 3.63) is 0 Å². The number of hydrogen-bond donors (Lipinski definition) is 2. The Morgan fingerprint density at radius 2 is 2.20 bits per heavy atom. The fraction of sp³-hybridized carbons (Fsp3) is 0.909. The number of carbonyl (C=O) groups excluding carboxylic acids is 1. The minimum absolute atomic E-state index is 0.292. The van der Waals surface area contributed by atoms with Gasteiger partial charge in [-0.25, -0.2) is 5.43 Å². The van der Waals surface area contributed by atoms with E-state index in [0.717, 1.165) is 25.4 Å². The van der Waals surface area contributed by atoms with Crippen LogP contribution in [0, 0.1) is 5.92 Å². The van der Waals surface area contributed by atoms with Crippen molar-refractivity contribution in [2.45, 2.75) is 44.2 Å². The fourth-order valence-corrected chi connectivity index (χ4v) is 2.67. The average molecular weight is 209 g/mol. The summed E-state index contributed by atoms with van der Waals surface area (Å²) in [6, 6.07) is 0.957. The highest BCUT2D eigenvalue weighted by molar-refractivity contribution is 5.78. The van der Waals surface area contributed by atoms with Crippen molar-refractivity contribution < 1.29 is 4.79 Å². The average Bonchev–Trinajstić information content (AvgIpc) is 2.84. The summed E-state index contributed by atoms with van der Waals surface area (Å²) in [6.45, 7) is 1.96. The summed E-state index contributed by atoms with van der Waals surface area (Å²) in [4.78, 5) is 11.7. The number of carbonyl (C=O) groups is 1. The molecule has 3 fully saturated rings. The zero-order chi connectivity index (χ0) is 10.3. The van der Waals surface area contributed by atoms with E-state index in [-0.39, 0.29) is 0 Å². The highest BCUT2D eigenvalue weighted by Gasteiger charge is 2.40. The second kappa shape index (κ2) is 3.76. The number of rotatable bonds is 3. The maximum atomic E-state index is 11.7. The maximum Gasteiger partial charge on any atom is 0.238 e. The van der Waals surface area contributed by atoms with E-state index in [0.29, 0.717) is 18.0 Å². The summed E-state index contributed by atoms with van der Waals surface area (Å²) >= 11 is 0. The number of nitrogens with one attached hydrogen (secondary N) is 2. The Labute approximate surface area is 90.4 Å². The summed E-state index contributed by atoms with van der Waals surface area (Å²) in [5.74, 6) is 1.07. The Morgan fingerprint density at radius 1 is 1.33 bits per heavy atom. The highest BCUT2D eigenvalue weighted by atomic mass is 16.2. The molecule has 2 aliphatic heterocycles. The normalized spacial score (nSPS) is 36.5. The van der Waals surface area contributed by atoms with Gasteiger partial charge in [-0.15, -0.1) is 0 Å². The fourth-order valence-electron chi connectivity index (χ4n) is 2.67. The van der Waals surface area contributed by atoms with Crippen molar-refractivity contribution in [2.75, 3.05) is 13.1 Å². The molecule has 0 aromatic carbocycles. The number of nitrogens with zero attached hydrogens (tertiary/aromatic N) is 1. The van der Waals surface area contributed by atoms with Gasteiger partial charge in [0.2, 0.25) is 5.91 Å². The summed E-state index contributed by atoms with van der Waals surface area (Å²) in [5, 5.41) is 5.28.